The molecule has 2 aliphatic carbocycles. The maximum absolute atomic E-state index is 8.94. The summed E-state index contributed by atoms with van der Waals surface area (Å²) in [7, 11) is 0. The molecular formula is C18H27NO. The number of benzene rings is 1. The summed E-state index contributed by atoms with van der Waals surface area (Å²) in [5.74, 6) is 0. The number of hydrogen-bond donors (Lipinski definition) is 2. The predicted molar refractivity (Wildman–Crippen MR) is 84.0 cm³/mol. The molecule has 20 heavy (non-hydrogen) atoms. The van der Waals surface area contributed by atoms with Gasteiger partial charge in [-0.1, -0.05) is 25.0 Å². The molecule has 0 aliphatic heterocycles. The van der Waals surface area contributed by atoms with E-state index in [0.717, 1.165) is 11.8 Å². The summed E-state index contributed by atoms with van der Waals surface area (Å²) >= 11 is 0. The van der Waals surface area contributed by atoms with Crippen LogP contribution in [0.2, 0.25) is 0 Å². The Balaban J connectivity index is 1.51. The fraction of sp³-hybridized carbons (Fsp3) is 0.667. The standard InChI is InChI=1S/C18H27NO/c20-14-9-15-3-5-16(6-4-15)19-17-7-12-18(13-8-17)10-1-2-11-18/h3-6,17,19-20H,1-2,7-14H2. The van der Waals surface area contributed by atoms with Crippen molar-refractivity contribution in [3.8, 4) is 0 Å². The number of rotatable bonds is 4. The Morgan fingerprint density at radius 1 is 1.00 bits per heavy atom. The van der Waals surface area contributed by atoms with Gasteiger partial charge in [0.05, 0.1) is 0 Å². The predicted octanol–water partition coefficient (Wildman–Crippen LogP) is 4.14. The minimum Gasteiger partial charge on any atom is -0.396 e. The van der Waals surface area contributed by atoms with E-state index in [1.807, 2.05) is 0 Å². The molecule has 2 fully saturated rings. The van der Waals surface area contributed by atoms with Crippen molar-refractivity contribution in [2.75, 3.05) is 11.9 Å². The molecule has 2 N–H and O–H groups in total. The topological polar surface area (TPSA) is 32.3 Å². The molecule has 2 heteroatoms. The highest BCUT2D eigenvalue weighted by Crippen LogP contribution is 2.49. The summed E-state index contributed by atoms with van der Waals surface area (Å²) in [6.07, 6.45) is 12.2. The smallest absolute Gasteiger partial charge is 0.0471 e. The maximum atomic E-state index is 8.94. The van der Waals surface area contributed by atoms with Crippen molar-refractivity contribution in [3.05, 3.63) is 29.8 Å². The molecule has 0 bridgehead atoms. The summed E-state index contributed by atoms with van der Waals surface area (Å²) in [5, 5.41) is 12.6. The molecule has 0 unspecified atom stereocenters. The maximum Gasteiger partial charge on any atom is 0.0471 e. The van der Waals surface area contributed by atoms with Crippen molar-refractivity contribution in [2.45, 2.75) is 63.8 Å². The average molecular weight is 273 g/mol. The average Bonchev–Trinajstić information content (AvgIpc) is 2.93. The zero-order valence-electron chi connectivity index (χ0n) is 12.4. The van der Waals surface area contributed by atoms with E-state index in [4.69, 9.17) is 5.11 Å². The molecule has 110 valence electrons. The lowest BCUT2D eigenvalue weighted by Gasteiger charge is -2.37. The van der Waals surface area contributed by atoms with Crippen LogP contribution in [0, 0.1) is 5.41 Å². The Kier molecular flexibility index (Phi) is 4.30. The molecular weight excluding hydrogens is 246 g/mol. The second-order valence-corrected chi connectivity index (χ2v) is 6.80. The van der Waals surface area contributed by atoms with Gasteiger partial charge in [0, 0.05) is 18.3 Å². The van der Waals surface area contributed by atoms with E-state index in [-0.39, 0.29) is 6.61 Å². The molecule has 0 atom stereocenters. The Morgan fingerprint density at radius 3 is 2.25 bits per heavy atom. The largest absolute Gasteiger partial charge is 0.396 e. The first kappa shape index (κ1) is 13.9. The molecule has 3 rings (SSSR count). The van der Waals surface area contributed by atoms with Crippen molar-refractivity contribution in [2.24, 2.45) is 5.41 Å². The monoisotopic (exact) mass is 273 g/mol. The number of anilines is 1. The van der Waals surface area contributed by atoms with E-state index in [1.54, 1.807) is 0 Å². The van der Waals surface area contributed by atoms with Crippen LogP contribution in [0.15, 0.2) is 24.3 Å². The molecule has 2 saturated carbocycles. The summed E-state index contributed by atoms with van der Waals surface area (Å²) in [6.45, 7) is 0.234. The van der Waals surface area contributed by atoms with Gasteiger partial charge < -0.3 is 10.4 Å². The highest BCUT2D eigenvalue weighted by atomic mass is 16.2. The van der Waals surface area contributed by atoms with E-state index in [9.17, 15) is 0 Å². The second-order valence-electron chi connectivity index (χ2n) is 6.80. The summed E-state index contributed by atoms with van der Waals surface area (Å²) < 4.78 is 0. The van der Waals surface area contributed by atoms with Gasteiger partial charge in [-0.15, -0.1) is 0 Å². The molecule has 0 aromatic heterocycles. The number of hydrogen-bond acceptors (Lipinski definition) is 2. The third-order valence-corrected chi connectivity index (χ3v) is 5.44. The van der Waals surface area contributed by atoms with Gasteiger partial charge in [-0.2, -0.15) is 0 Å². The Labute approximate surface area is 122 Å². The first-order valence-electron chi connectivity index (χ1n) is 8.26. The quantitative estimate of drug-likeness (QED) is 0.864. The van der Waals surface area contributed by atoms with Crippen molar-refractivity contribution in [1.82, 2.24) is 0 Å². The Morgan fingerprint density at radius 2 is 1.65 bits per heavy atom. The lowest BCUT2D eigenvalue weighted by molar-refractivity contribution is 0.188. The molecule has 1 spiro atoms. The van der Waals surface area contributed by atoms with Gasteiger partial charge in [-0.25, -0.2) is 0 Å². The highest BCUT2D eigenvalue weighted by molar-refractivity contribution is 5.45. The first-order chi connectivity index (χ1) is 9.80. The summed E-state index contributed by atoms with van der Waals surface area (Å²) in [5.41, 5.74) is 3.18. The second kappa shape index (κ2) is 6.17. The van der Waals surface area contributed by atoms with Crippen LogP contribution in [0.1, 0.15) is 56.9 Å². The number of aliphatic hydroxyl groups excluding tert-OH is 1. The Hall–Kier alpha value is -1.02. The molecule has 1 aromatic rings. The molecule has 1 aromatic carbocycles. The van der Waals surface area contributed by atoms with Gasteiger partial charge in [-0.3, -0.25) is 0 Å². The van der Waals surface area contributed by atoms with Crippen LogP contribution in [-0.4, -0.2) is 17.8 Å². The van der Waals surface area contributed by atoms with Crippen LogP contribution in [0.5, 0.6) is 0 Å². The van der Waals surface area contributed by atoms with E-state index >= 15 is 0 Å². The third-order valence-electron chi connectivity index (χ3n) is 5.44. The van der Waals surface area contributed by atoms with Crippen LogP contribution in [0.3, 0.4) is 0 Å². The van der Waals surface area contributed by atoms with Gasteiger partial charge in [0.2, 0.25) is 0 Å². The van der Waals surface area contributed by atoms with Crippen LogP contribution in [0.4, 0.5) is 5.69 Å². The van der Waals surface area contributed by atoms with Crippen molar-refractivity contribution in [3.63, 3.8) is 0 Å². The SMILES string of the molecule is OCCc1ccc(NC2CCC3(CCCC3)CC2)cc1. The van der Waals surface area contributed by atoms with E-state index in [0.29, 0.717) is 6.04 Å². The van der Waals surface area contributed by atoms with Crippen molar-refractivity contribution < 1.29 is 5.11 Å². The molecule has 0 amide bonds. The number of nitrogens with one attached hydrogen (secondary N) is 1. The van der Waals surface area contributed by atoms with E-state index < -0.39 is 0 Å². The number of aliphatic hydroxyl groups is 1. The van der Waals surface area contributed by atoms with Crippen LogP contribution >= 0.6 is 0 Å². The van der Waals surface area contributed by atoms with E-state index in [1.165, 1.54) is 62.6 Å². The molecule has 0 saturated heterocycles. The van der Waals surface area contributed by atoms with E-state index in [2.05, 4.69) is 29.6 Å². The normalized spacial score (nSPS) is 22.2. The zero-order chi connectivity index (χ0) is 13.8. The minimum atomic E-state index is 0.234. The fourth-order valence-corrected chi connectivity index (χ4v) is 4.13. The lowest BCUT2D eigenvalue weighted by atomic mass is 9.71. The third kappa shape index (κ3) is 3.17. The fourth-order valence-electron chi connectivity index (χ4n) is 4.13. The van der Waals surface area contributed by atoms with Crippen LogP contribution in [0.25, 0.3) is 0 Å². The van der Waals surface area contributed by atoms with Gasteiger partial charge in [0.15, 0.2) is 0 Å². The minimum absolute atomic E-state index is 0.234. The van der Waals surface area contributed by atoms with Crippen molar-refractivity contribution in [1.29, 1.82) is 0 Å². The van der Waals surface area contributed by atoms with Crippen molar-refractivity contribution >= 4 is 5.69 Å². The van der Waals surface area contributed by atoms with Gasteiger partial charge >= 0.3 is 0 Å². The van der Waals surface area contributed by atoms with Gasteiger partial charge in [0.1, 0.15) is 0 Å². The van der Waals surface area contributed by atoms with Crippen LogP contribution in [-0.2, 0) is 6.42 Å². The summed E-state index contributed by atoms with van der Waals surface area (Å²) in [6, 6.07) is 9.22. The Bertz CT molecular complexity index is 410. The lowest BCUT2D eigenvalue weighted by Crippen LogP contribution is -2.31. The molecule has 0 radical (unpaired) electrons. The van der Waals surface area contributed by atoms with Gasteiger partial charge in [0.25, 0.3) is 0 Å². The van der Waals surface area contributed by atoms with Gasteiger partial charge in [-0.05, 0) is 68.1 Å². The first-order valence-corrected chi connectivity index (χ1v) is 8.26. The molecule has 2 aliphatic rings. The zero-order valence-corrected chi connectivity index (χ0v) is 12.4. The highest BCUT2D eigenvalue weighted by Gasteiger charge is 2.37. The molecule has 0 heterocycles. The summed E-state index contributed by atoms with van der Waals surface area (Å²) in [4.78, 5) is 0. The molecule has 2 nitrogen and oxygen atoms in total. The van der Waals surface area contributed by atoms with Crippen LogP contribution < -0.4 is 5.32 Å².